The monoisotopic (exact) mass is 448 g/mol. The molecule has 1 aromatic heterocycles. The van der Waals surface area contributed by atoms with Gasteiger partial charge < -0.3 is 20.1 Å². The molecule has 0 aliphatic carbocycles. The molecule has 136 valence electrons. The molecule has 0 spiro atoms. The first kappa shape index (κ1) is 21.1. The first-order valence-corrected chi connectivity index (χ1v) is 8.50. The average Bonchev–Trinajstić information content (AvgIpc) is 3.09. The van der Waals surface area contributed by atoms with Crippen molar-refractivity contribution in [2.24, 2.45) is 4.99 Å². The van der Waals surface area contributed by atoms with Crippen molar-refractivity contribution in [2.75, 3.05) is 39.5 Å². The van der Waals surface area contributed by atoms with Gasteiger partial charge in [0.2, 0.25) is 0 Å². The summed E-state index contributed by atoms with van der Waals surface area (Å²) in [7, 11) is 0. The molecule has 1 aliphatic heterocycles. The van der Waals surface area contributed by atoms with E-state index in [-0.39, 0.29) is 30.1 Å². The molecule has 1 aromatic rings. The Balaban J connectivity index is 0.00000288. The topological polar surface area (TPSA) is 67.8 Å². The van der Waals surface area contributed by atoms with Gasteiger partial charge >= 0.3 is 0 Å². The van der Waals surface area contributed by atoms with Gasteiger partial charge in [0.05, 0.1) is 12.7 Å². The van der Waals surface area contributed by atoms with Gasteiger partial charge in [-0.25, -0.2) is 0 Å². The minimum atomic E-state index is 0. The van der Waals surface area contributed by atoms with Crippen LogP contribution < -0.4 is 10.6 Å². The molecule has 6 nitrogen and oxygen atoms in total. The van der Waals surface area contributed by atoms with Crippen LogP contribution in [0.15, 0.2) is 29.4 Å². The summed E-state index contributed by atoms with van der Waals surface area (Å²) in [5, 5.41) is 6.60. The molecule has 1 atom stereocenters. The number of aromatic nitrogens is 1. The maximum absolute atomic E-state index is 5.74. The minimum absolute atomic E-state index is 0. The molecule has 2 rings (SSSR count). The fourth-order valence-corrected chi connectivity index (χ4v) is 2.35. The van der Waals surface area contributed by atoms with Crippen molar-refractivity contribution in [2.45, 2.75) is 32.3 Å². The van der Waals surface area contributed by atoms with Gasteiger partial charge in [-0.05, 0) is 31.9 Å². The molecular weight excluding hydrogens is 419 g/mol. The number of guanidine groups is 1. The van der Waals surface area contributed by atoms with Crippen LogP contribution in [0.2, 0.25) is 0 Å². The van der Waals surface area contributed by atoms with Gasteiger partial charge in [-0.15, -0.1) is 24.0 Å². The second kappa shape index (κ2) is 13.4. The van der Waals surface area contributed by atoms with E-state index >= 15 is 0 Å². The second-order valence-electron chi connectivity index (χ2n) is 5.47. The van der Waals surface area contributed by atoms with Crippen molar-refractivity contribution < 1.29 is 9.47 Å². The average molecular weight is 448 g/mol. The van der Waals surface area contributed by atoms with E-state index in [2.05, 4.69) is 27.5 Å². The molecule has 1 fully saturated rings. The predicted molar refractivity (Wildman–Crippen MR) is 107 cm³/mol. The van der Waals surface area contributed by atoms with Crippen LogP contribution in [0.4, 0.5) is 0 Å². The number of halogens is 1. The lowest BCUT2D eigenvalue weighted by atomic mass is 10.3. The number of rotatable bonds is 9. The third kappa shape index (κ3) is 8.79. The van der Waals surface area contributed by atoms with Crippen LogP contribution in [-0.4, -0.2) is 56.5 Å². The Kier molecular flexibility index (Phi) is 11.8. The standard InChI is InChI=1S/C17H28N4O2.HI/c1-2-18-17(21-11-7-15-6-3-4-9-19-15)20-10-5-12-23-16-8-13-22-14-16;/h3-4,6,9,16H,2,5,7-8,10-14H2,1H3,(H2,18,20,21);1H. The predicted octanol–water partition coefficient (Wildman–Crippen LogP) is 1.99. The summed E-state index contributed by atoms with van der Waals surface area (Å²) in [4.78, 5) is 8.89. The maximum atomic E-state index is 5.74. The van der Waals surface area contributed by atoms with E-state index in [9.17, 15) is 0 Å². The third-order valence-electron chi connectivity index (χ3n) is 3.56. The lowest BCUT2D eigenvalue weighted by Crippen LogP contribution is -2.38. The summed E-state index contributed by atoms with van der Waals surface area (Å²) in [6.07, 6.45) is 4.93. The van der Waals surface area contributed by atoms with Crippen molar-refractivity contribution in [3.8, 4) is 0 Å². The van der Waals surface area contributed by atoms with Crippen LogP contribution >= 0.6 is 24.0 Å². The molecule has 0 amide bonds. The minimum Gasteiger partial charge on any atom is -0.379 e. The quantitative estimate of drug-likeness (QED) is 0.262. The first-order valence-electron chi connectivity index (χ1n) is 8.50. The number of ether oxygens (including phenoxy) is 2. The van der Waals surface area contributed by atoms with E-state index in [0.717, 1.165) is 70.4 Å². The Labute approximate surface area is 161 Å². The van der Waals surface area contributed by atoms with Crippen LogP contribution in [0.25, 0.3) is 0 Å². The number of aliphatic imine (C=N–C) groups is 1. The highest BCUT2D eigenvalue weighted by Gasteiger charge is 2.15. The van der Waals surface area contributed by atoms with Gasteiger partial charge in [-0.1, -0.05) is 6.07 Å². The van der Waals surface area contributed by atoms with E-state index < -0.39 is 0 Å². The highest BCUT2D eigenvalue weighted by Crippen LogP contribution is 2.08. The summed E-state index contributed by atoms with van der Waals surface area (Å²) in [5.41, 5.74) is 1.09. The Bertz CT molecular complexity index is 453. The second-order valence-corrected chi connectivity index (χ2v) is 5.47. The number of nitrogens with one attached hydrogen (secondary N) is 2. The molecule has 0 saturated carbocycles. The van der Waals surface area contributed by atoms with Crippen molar-refractivity contribution in [3.05, 3.63) is 30.1 Å². The molecular formula is C17H29IN4O2. The first-order chi connectivity index (χ1) is 11.4. The summed E-state index contributed by atoms with van der Waals surface area (Å²) in [6, 6.07) is 5.98. The Morgan fingerprint density at radius 1 is 1.42 bits per heavy atom. The molecule has 0 bridgehead atoms. The van der Waals surface area contributed by atoms with E-state index in [1.807, 2.05) is 24.4 Å². The van der Waals surface area contributed by atoms with Crippen molar-refractivity contribution >= 4 is 29.9 Å². The zero-order chi connectivity index (χ0) is 16.2. The maximum Gasteiger partial charge on any atom is 0.191 e. The fourth-order valence-electron chi connectivity index (χ4n) is 2.35. The highest BCUT2D eigenvalue weighted by molar-refractivity contribution is 14.0. The van der Waals surface area contributed by atoms with Crippen molar-refractivity contribution in [1.82, 2.24) is 15.6 Å². The molecule has 1 unspecified atom stereocenters. The Hall–Kier alpha value is -0.930. The van der Waals surface area contributed by atoms with E-state index in [4.69, 9.17) is 9.47 Å². The number of hydrogen-bond acceptors (Lipinski definition) is 4. The van der Waals surface area contributed by atoms with Crippen LogP contribution in [0, 0.1) is 0 Å². The van der Waals surface area contributed by atoms with Gasteiger partial charge in [0, 0.05) is 51.2 Å². The molecule has 1 aliphatic rings. The van der Waals surface area contributed by atoms with Crippen LogP contribution in [0.1, 0.15) is 25.5 Å². The van der Waals surface area contributed by atoms with E-state index in [1.165, 1.54) is 0 Å². The highest BCUT2D eigenvalue weighted by atomic mass is 127. The van der Waals surface area contributed by atoms with E-state index in [0.29, 0.717) is 0 Å². The molecule has 2 N–H and O–H groups in total. The van der Waals surface area contributed by atoms with Crippen molar-refractivity contribution in [1.29, 1.82) is 0 Å². The molecule has 1 saturated heterocycles. The fraction of sp³-hybridized carbons (Fsp3) is 0.647. The lowest BCUT2D eigenvalue weighted by molar-refractivity contribution is 0.0424. The van der Waals surface area contributed by atoms with Crippen LogP contribution in [-0.2, 0) is 15.9 Å². The lowest BCUT2D eigenvalue weighted by Gasteiger charge is -2.12. The van der Waals surface area contributed by atoms with Gasteiger partial charge in [-0.2, -0.15) is 0 Å². The Morgan fingerprint density at radius 3 is 3.04 bits per heavy atom. The zero-order valence-electron chi connectivity index (χ0n) is 14.4. The largest absolute Gasteiger partial charge is 0.379 e. The van der Waals surface area contributed by atoms with Gasteiger partial charge in [0.1, 0.15) is 0 Å². The molecule has 7 heteroatoms. The number of hydrogen-bond donors (Lipinski definition) is 2. The van der Waals surface area contributed by atoms with E-state index in [1.54, 1.807) is 0 Å². The number of pyridine rings is 1. The number of nitrogens with zero attached hydrogens (tertiary/aromatic N) is 2. The Morgan fingerprint density at radius 2 is 2.33 bits per heavy atom. The van der Waals surface area contributed by atoms with Gasteiger partial charge in [0.15, 0.2) is 5.96 Å². The van der Waals surface area contributed by atoms with Crippen LogP contribution in [0.5, 0.6) is 0 Å². The summed E-state index contributed by atoms with van der Waals surface area (Å²) in [5.74, 6) is 0.854. The summed E-state index contributed by atoms with van der Waals surface area (Å²) >= 11 is 0. The molecule has 24 heavy (non-hydrogen) atoms. The molecule has 0 radical (unpaired) electrons. The SMILES string of the molecule is CCNC(=NCCCOC1CCOC1)NCCc1ccccn1.I. The normalized spacial score (nSPS) is 17.4. The molecule has 0 aromatic carbocycles. The summed E-state index contributed by atoms with van der Waals surface area (Å²) < 4.78 is 11.0. The van der Waals surface area contributed by atoms with Gasteiger partial charge in [0.25, 0.3) is 0 Å². The zero-order valence-corrected chi connectivity index (χ0v) is 16.7. The molecule has 2 heterocycles. The van der Waals surface area contributed by atoms with Crippen LogP contribution in [0.3, 0.4) is 0 Å². The van der Waals surface area contributed by atoms with Crippen molar-refractivity contribution in [3.63, 3.8) is 0 Å². The van der Waals surface area contributed by atoms with Gasteiger partial charge in [-0.3, -0.25) is 9.98 Å². The smallest absolute Gasteiger partial charge is 0.191 e. The third-order valence-corrected chi connectivity index (χ3v) is 3.56. The summed E-state index contributed by atoms with van der Waals surface area (Å²) in [6.45, 7) is 6.80.